The number of nitrogens with two attached hydrogens (primary N) is 1. The quantitative estimate of drug-likeness (QED) is 0.730. The Hall–Kier alpha value is -1.06. The zero-order chi connectivity index (χ0) is 11.7. The Labute approximate surface area is 95.9 Å². The van der Waals surface area contributed by atoms with Crippen LogP contribution in [0.5, 0.6) is 5.75 Å². The van der Waals surface area contributed by atoms with Crippen LogP contribution in [0.25, 0.3) is 0 Å². The van der Waals surface area contributed by atoms with Crippen molar-refractivity contribution in [3.63, 3.8) is 0 Å². The van der Waals surface area contributed by atoms with Crippen molar-refractivity contribution in [2.45, 2.75) is 38.3 Å². The third-order valence-electron chi connectivity index (χ3n) is 3.55. The SMILES string of the molecule is Cc1ccc([C@@H](N)[C@@H](O)C2CCC2)c(O)c1. The van der Waals surface area contributed by atoms with E-state index in [1.54, 1.807) is 12.1 Å². The summed E-state index contributed by atoms with van der Waals surface area (Å²) in [5, 5.41) is 19.8. The van der Waals surface area contributed by atoms with Gasteiger partial charge in [-0.25, -0.2) is 0 Å². The van der Waals surface area contributed by atoms with Gasteiger partial charge in [0.2, 0.25) is 0 Å². The molecule has 0 heterocycles. The average molecular weight is 221 g/mol. The van der Waals surface area contributed by atoms with Gasteiger partial charge in [0.15, 0.2) is 0 Å². The fourth-order valence-corrected chi connectivity index (χ4v) is 2.19. The van der Waals surface area contributed by atoms with Crippen LogP contribution in [-0.2, 0) is 0 Å². The Morgan fingerprint density at radius 1 is 1.38 bits per heavy atom. The number of aliphatic hydroxyl groups excluding tert-OH is 1. The molecule has 0 aromatic heterocycles. The molecule has 1 aliphatic carbocycles. The third-order valence-corrected chi connectivity index (χ3v) is 3.55. The second-order valence-corrected chi connectivity index (χ2v) is 4.77. The average Bonchev–Trinajstić information content (AvgIpc) is 2.14. The second-order valence-electron chi connectivity index (χ2n) is 4.77. The highest BCUT2D eigenvalue weighted by molar-refractivity contribution is 5.38. The van der Waals surface area contributed by atoms with Gasteiger partial charge in [-0.2, -0.15) is 0 Å². The van der Waals surface area contributed by atoms with Gasteiger partial charge in [-0.3, -0.25) is 0 Å². The number of aromatic hydroxyl groups is 1. The van der Waals surface area contributed by atoms with Gasteiger partial charge in [0.25, 0.3) is 0 Å². The highest BCUT2D eigenvalue weighted by Gasteiger charge is 2.31. The first-order valence-corrected chi connectivity index (χ1v) is 5.83. The normalized spacial score (nSPS) is 20.2. The molecule has 3 nitrogen and oxygen atoms in total. The molecule has 0 bridgehead atoms. The molecule has 4 N–H and O–H groups in total. The summed E-state index contributed by atoms with van der Waals surface area (Å²) >= 11 is 0. The van der Waals surface area contributed by atoms with E-state index in [0.29, 0.717) is 11.5 Å². The lowest BCUT2D eigenvalue weighted by Crippen LogP contribution is -2.36. The van der Waals surface area contributed by atoms with E-state index < -0.39 is 12.1 Å². The summed E-state index contributed by atoms with van der Waals surface area (Å²) in [6.07, 6.45) is 2.72. The number of aliphatic hydroxyl groups is 1. The Morgan fingerprint density at radius 2 is 2.06 bits per heavy atom. The molecular weight excluding hydrogens is 202 g/mol. The van der Waals surface area contributed by atoms with E-state index in [1.165, 1.54) is 6.42 Å². The van der Waals surface area contributed by atoms with Crippen molar-refractivity contribution < 1.29 is 10.2 Å². The molecule has 1 aromatic carbocycles. The van der Waals surface area contributed by atoms with Crippen molar-refractivity contribution in [3.8, 4) is 5.75 Å². The van der Waals surface area contributed by atoms with Gasteiger partial charge in [-0.05, 0) is 37.3 Å². The maximum Gasteiger partial charge on any atom is 0.120 e. The van der Waals surface area contributed by atoms with Gasteiger partial charge in [-0.15, -0.1) is 0 Å². The number of rotatable bonds is 3. The van der Waals surface area contributed by atoms with Crippen molar-refractivity contribution >= 4 is 0 Å². The van der Waals surface area contributed by atoms with Crippen LogP contribution in [0.3, 0.4) is 0 Å². The highest BCUT2D eigenvalue weighted by atomic mass is 16.3. The van der Waals surface area contributed by atoms with Crippen LogP contribution < -0.4 is 5.73 Å². The van der Waals surface area contributed by atoms with E-state index in [4.69, 9.17) is 5.73 Å². The fraction of sp³-hybridized carbons (Fsp3) is 0.538. The van der Waals surface area contributed by atoms with Crippen LogP contribution >= 0.6 is 0 Å². The smallest absolute Gasteiger partial charge is 0.120 e. The zero-order valence-corrected chi connectivity index (χ0v) is 9.56. The van der Waals surface area contributed by atoms with Crippen molar-refractivity contribution in [1.82, 2.24) is 0 Å². The van der Waals surface area contributed by atoms with Crippen molar-refractivity contribution in [3.05, 3.63) is 29.3 Å². The number of aryl methyl sites for hydroxylation is 1. The summed E-state index contributed by atoms with van der Waals surface area (Å²) in [6, 6.07) is 4.91. The molecule has 16 heavy (non-hydrogen) atoms. The van der Waals surface area contributed by atoms with Gasteiger partial charge in [0, 0.05) is 5.56 Å². The maximum atomic E-state index is 10.0. The van der Waals surface area contributed by atoms with Crippen LogP contribution in [0, 0.1) is 12.8 Å². The van der Waals surface area contributed by atoms with Gasteiger partial charge in [0.1, 0.15) is 5.75 Å². The first-order chi connectivity index (χ1) is 7.59. The minimum atomic E-state index is -0.539. The molecule has 3 heteroatoms. The maximum absolute atomic E-state index is 10.0. The Bertz CT molecular complexity index is 374. The van der Waals surface area contributed by atoms with Gasteiger partial charge >= 0.3 is 0 Å². The van der Waals surface area contributed by atoms with E-state index in [2.05, 4.69) is 0 Å². The van der Waals surface area contributed by atoms with E-state index in [0.717, 1.165) is 18.4 Å². The first kappa shape index (κ1) is 11.4. The molecule has 2 rings (SSSR count). The molecule has 0 radical (unpaired) electrons. The van der Waals surface area contributed by atoms with E-state index >= 15 is 0 Å². The van der Waals surface area contributed by atoms with Crippen LogP contribution in [0.4, 0.5) is 0 Å². The van der Waals surface area contributed by atoms with E-state index in [9.17, 15) is 10.2 Å². The second kappa shape index (κ2) is 4.44. The minimum absolute atomic E-state index is 0.186. The lowest BCUT2D eigenvalue weighted by Gasteiger charge is -2.34. The minimum Gasteiger partial charge on any atom is -0.508 e. The first-order valence-electron chi connectivity index (χ1n) is 5.83. The van der Waals surface area contributed by atoms with Gasteiger partial charge in [0.05, 0.1) is 12.1 Å². The molecular formula is C13H19NO2. The van der Waals surface area contributed by atoms with Crippen molar-refractivity contribution in [2.75, 3.05) is 0 Å². The molecule has 2 atom stereocenters. The Kier molecular flexibility index (Phi) is 3.17. The molecule has 0 unspecified atom stereocenters. The van der Waals surface area contributed by atoms with E-state index in [1.807, 2.05) is 13.0 Å². The monoisotopic (exact) mass is 221 g/mol. The number of phenols is 1. The molecule has 0 aliphatic heterocycles. The van der Waals surface area contributed by atoms with Crippen LogP contribution in [-0.4, -0.2) is 16.3 Å². The fourth-order valence-electron chi connectivity index (χ4n) is 2.19. The summed E-state index contributed by atoms with van der Waals surface area (Å²) in [5.74, 6) is 0.488. The summed E-state index contributed by atoms with van der Waals surface area (Å²) in [5.41, 5.74) is 7.63. The van der Waals surface area contributed by atoms with Crippen LogP contribution in [0.2, 0.25) is 0 Å². The predicted molar refractivity (Wildman–Crippen MR) is 63.1 cm³/mol. The summed E-state index contributed by atoms with van der Waals surface area (Å²) in [7, 11) is 0. The number of benzene rings is 1. The molecule has 0 saturated heterocycles. The topological polar surface area (TPSA) is 66.5 Å². The standard InChI is InChI=1S/C13H19NO2/c1-8-5-6-10(11(15)7-8)12(14)13(16)9-3-2-4-9/h5-7,9,12-13,15-16H,2-4,14H2,1H3/t12-,13+/m1/s1. The van der Waals surface area contributed by atoms with Crippen LogP contribution in [0.1, 0.15) is 36.4 Å². The largest absolute Gasteiger partial charge is 0.508 e. The third kappa shape index (κ3) is 2.06. The molecule has 1 fully saturated rings. The van der Waals surface area contributed by atoms with Crippen molar-refractivity contribution in [2.24, 2.45) is 11.7 Å². The molecule has 1 aromatic rings. The molecule has 1 aliphatic rings. The summed E-state index contributed by atoms with van der Waals surface area (Å²) in [4.78, 5) is 0. The summed E-state index contributed by atoms with van der Waals surface area (Å²) < 4.78 is 0. The van der Waals surface area contributed by atoms with E-state index in [-0.39, 0.29) is 5.75 Å². The lowest BCUT2D eigenvalue weighted by atomic mass is 9.77. The Morgan fingerprint density at radius 3 is 2.56 bits per heavy atom. The van der Waals surface area contributed by atoms with Gasteiger partial charge < -0.3 is 15.9 Å². The molecule has 88 valence electrons. The van der Waals surface area contributed by atoms with Crippen molar-refractivity contribution in [1.29, 1.82) is 0 Å². The number of phenolic OH excluding ortho intramolecular Hbond substituents is 1. The zero-order valence-electron chi connectivity index (χ0n) is 9.56. The Balaban J connectivity index is 2.15. The van der Waals surface area contributed by atoms with Gasteiger partial charge in [-0.1, -0.05) is 18.6 Å². The molecule has 0 spiro atoms. The molecule has 0 amide bonds. The number of hydrogen-bond donors (Lipinski definition) is 3. The summed E-state index contributed by atoms with van der Waals surface area (Å²) in [6.45, 7) is 1.91. The number of hydrogen-bond acceptors (Lipinski definition) is 3. The predicted octanol–water partition coefficient (Wildman–Crippen LogP) is 1.86. The lowest BCUT2D eigenvalue weighted by molar-refractivity contribution is 0.0407. The molecule has 1 saturated carbocycles. The van der Waals surface area contributed by atoms with Crippen LogP contribution in [0.15, 0.2) is 18.2 Å². The highest BCUT2D eigenvalue weighted by Crippen LogP contribution is 2.36.